The number of anilines is 2. The van der Waals surface area contributed by atoms with Crippen molar-refractivity contribution in [1.82, 2.24) is 14.3 Å². The van der Waals surface area contributed by atoms with Crippen LogP contribution < -0.4 is 20.9 Å². The van der Waals surface area contributed by atoms with Gasteiger partial charge in [0.05, 0.1) is 16.6 Å². The number of aryl methyl sites for hydroxylation is 1. The topological polar surface area (TPSA) is 122 Å². The number of rotatable bonds is 7. The normalized spacial score (nSPS) is 13.5. The lowest BCUT2D eigenvalue weighted by molar-refractivity contribution is 0.256. The SMILES string of the molecule is Cc1ccc(S(=O)(=O)NC(=O)Nc2ccc(-n3cnc4cc(NCC5CC5)ccc4c3=O)cc2)s1. The van der Waals surface area contributed by atoms with Crippen LogP contribution in [-0.4, -0.2) is 30.5 Å². The van der Waals surface area contributed by atoms with Crippen LogP contribution in [0.2, 0.25) is 0 Å². The molecular formula is C24H23N5O4S2. The van der Waals surface area contributed by atoms with Crippen LogP contribution in [0.25, 0.3) is 16.6 Å². The number of nitrogens with one attached hydrogen (secondary N) is 3. The van der Waals surface area contributed by atoms with E-state index in [0.717, 1.165) is 34.4 Å². The molecule has 2 amide bonds. The molecule has 0 saturated heterocycles. The van der Waals surface area contributed by atoms with E-state index in [0.29, 0.717) is 22.3 Å². The van der Waals surface area contributed by atoms with E-state index in [-0.39, 0.29) is 9.77 Å². The Bertz CT molecular complexity index is 1570. The van der Waals surface area contributed by atoms with Gasteiger partial charge < -0.3 is 10.6 Å². The number of amides is 2. The summed E-state index contributed by atoms with van der Waals surface area (Å²) in [4.78, 5) is 30.5. The molecule has 0 radical (unpaired) electrons. The molecule has 3 N–H and O–H groups in total. The van der Waals surface area contributed by atoms with Crippen molar-refractivity contribution in [3.05, 3.63) is 76.2 Å². The summed E-state index contributed by atoms with van der Waals surface area (Å²) in [5.74, 6) is 0.741. The number of benzene rings is 2. The number of fused-ring (bicyclic) bond motifs is 1. The first kappa shape index (κ1) is 23.1. The number of nitrogens with zero attached hydrogens (tertiary/aromatic N) is 2. The number of carbonyl (C=O) groups excluding carboxylic acids is 1. The Morgan fingerprint density at radius 1 is 1.09 bits per heavy atom. The molecular weight excluding hydrogens is 486 g/mol. The smallest absolute Gasteiger partial charge is 0.333 e. The van der Waals surface area contributed by atoms with E-state index in [2.05, 4.69) is 15.6 Å². The van der Waals surface area contributed by atoms with Crippen molar-refractivity contribution in [1.29, 1.82) is 0 Å². The van der Waals surface area contributed by atoms with Gasteiger partial charge in [-0.1, -0.05) is 0 Å². The maximum Gasteiger partial charge on any atom is 0.333 e. The van der Waals surface area contributed by atoms with Crippen molar-refractivity contribution >= 4 is 49.7 Å². The second kappa shape index (κ2) is 9.16. The Kier molecular flexibility index (Phi) is 6.03. The van der Waals surface area contributed by atoms with Gasteiger partial charge in [-0.2, -0.15) is 0 Å². The van der Waals surface area contributed by atoms with Gasteiger partial charge in [0.2, 0.25) is 0 Å². The van der Waals surface area contributed by atoms with E-state index < -0.39 is 16.1 Å². The van der Waals surface area contributed by atoms with Gasteiger partial charge in [0.1, 0.15) is 10.5 Å². The number of aromatic nitrogens is 2. The van der Waals surface area contributed by atoms with Crippen LogP contribution in [0.1, 0.15) is 17.7 Å². The first-order chi connectivity index (χ1) is 16.8. The van der Waals surface area contributed by atoms with Gasteiger partial charge in [-0.15, -0.1) is 11.3 Å². The van der Waals surface area contributed by atoms with Gasteiger partial charge in [-0.3, -0.25) is 9.36 Å². The van der Waals surface area contributed by atoms with E-state index in [1.165, 1.54) is 29.8 Å². The minimum Gasteiger partial charge on any atom is -0.385 e. The summed E-state index contributed by atoms with van der Waals surface area (Å²) in [5, 5.41) is 6.38. The lowest BCUT2D eigenvalue weighted by Gasteiger charge is -2.10. The number of urea groups is 1. The molecule has 1 fully saturated rings. The van der Waals surface area contributed by atoms with Gasteiger partial charge in [-0.25, -0.2) is 22.9 Å². The van der Waals surface area contributed by atoms with Crippen LogP contribution >= 0.6 is 11.3 Å². The van der Waals surface area contributed by atoms with Crippen LogP contribution in [0.5, 0.6) is 0 Å². The molecule has 0 aliphatic heterocycles. The summed E-state index contributed by atoms with van der Waals surface area (Å²) in [7, 11) is -3.95. The minimum atomic E-state index is -3.95. The fraction of sp³-hybridized carbons (Fsp3) is 0.208. The van der Waals surface area contributed by atoms with Gasteiger partial charge >= 0.3 is 6.03 Å². The highest BCUT2D eigenvalue weighted by Gasteiger charge is 2.21. The lowest BCUT2D eigenvalue weighted by atomic mass is 10.2. The molecule has 2 aromatic carbocycles. The van der Waals surface area contributed by atoms with Gasteiger partial charge in [0, 0.05) is 22.8 Å². The Balaban J connectivity index is 1.29. The Morgan fingerprint density at radius 2 is 1.83 bits per heavy atom. The maximum atomic E-state index is 13.0. The highest BCUT2D eigenvalue weighted by atomic mass is 32.2. The molecule has 5 rings (SSSR count). The average molecular weight is 510 g/mol. The van der Waals surface area contributed by atoms with Crippen LogP contribution in [0, 0.1) is 12.8 Å². The molecule has 0 atom stereocenters. The van der Waals surface area contributed by atoms with Crippen molar-refractivity contribution in [2.24, 2.45) is 5.92 Å². The van der Waals surface area contributed by atoms with Gasteiger partial charge in [0.15, 0.2) is 0 Å². The molecule has 1 aliphatic rings. The molecule has 4 aromatic rings. The molecule has 0 unspecified atom stereocenters. The second-order valence-corrected chi connectivity index (χ2v) is 11.6. The fourth-order valence-electron chi connectivity index (χ4n) is 3.59. The summed E-state index contributed by atoms with van der Waals surface area (Å²) in [5.41, 5.74) is 2.28. The van der Waals surface area contributed by atoms with Crippen molar-refractivity contribution in [3.8, 4) is 5.69 Å². The van der Waals surface area contributed by atoms with E-state index in [1.54, 1.807) is 43.3 Å². The Hall–Kier alpha value is -3.70. The number of carbonyl (C=O) groups is 1. The van der Waals surface area contributed by atoms with Crippen LogP contribution in [0.4, 0.5) is 16.2 Å². The summed E-state index contributed by atoms with van der Waals surface area (Å²) in [6.07, 6.45) is 3.99. The summed E-state index contributed by atoms with van der Waals surface area (Å²) >= 11 is 1.08. The molecule has 9 nitrogen and oxygen atoms in total. The van der Waals surface area contributed by atoms with Gasteiger partial charge in [0.25, 0.3) is 15.6 Å². The average Bonchev–Trinajstić information content (AvgIpc) is 3.55. The fourth-order valence-corrected chi connectivity index (χ4v) is 5.78. The number of thiophene rings is 1. The van der Waals surface area contributed by atoms with Gasteiger partial charge in [-0.05, 0) is 80.3 Å². The Labute approximate surface area is 205 Å². The van der Waals surface area contributed by atoms with Crippen LogP contribution in [-0.2, 0) is 10.0 Å². The lowest BCUT2D eigenvalue weighted by Crippen LogP contribution is -2.33. The molecule has 2 heterocycles. The first-order valence-electron chi connectivity index (χ1n) is 11.0. The minimum absolute atomic E-state index is 0.0643. The van der Waals surface area contributed by atoms with Crippen LogP contribution in [0.15, 0.2) is 69.9 Å². The highest BCUT2D eigenvalue weighted by molar-refractivity contribution is 7.92. The van der Waals surface area contributed by atoms with E-state index in [4.69, 9.17) is 0 Å². The monoisotopic (exact) mass is 509 g/mol. The maximum absolute atomic E-state index is 13.0. The molecule has 0 bridgehead atoms. The molecule has 0 spiro atoms. The predicted octanol–water partition coefficient (Wildman–Crippen LogP) is 4.09. The van der Waals surface area contributed by atoms with Crippen molar-refractivity contribution < 1.29 is 13.2 Å². The van der Waals surface area contributed by atoms with Crippen molar-refractivity contribution in [3.63, 3.8) is 0 Å². The predicted molar refractivity (Wildman–Crippen MR) is 137 cm³/mol. The number of sulfonamides is 1. The molecule has 1 saturated carbocycles. The summed E-state index contributed by atoms with van der Waals surface area (Å²) in [6.45, 7) is 2.72. The Morgan fingerprint density at radius 3 is 2.51 bits per heavy atom. The molecule has 180 valence electrons. The number of hydrogen-bond donors (Lipinski definition) is 3. The zero-order valence-electron chi connectivity index (χ0n) is 18.8. The second-order valence-electron chi connectivity index (χ2n) is 8.45. The van der Waals surface area contributed by atoms with Crippen molar-refractivity contribution in [2.45, 2.75) is 24.0 Å². The van der Waals surface area contributed by atoms with Crippen LogP contribution in [0.3, 0.4) is 0 Å². The third-order valence-corrected chi connectivity index (χ3v) is 8.49. The van der Waals surface area contributed by atoms with E-state index in [1.807, 2.05) is 16.9 Å². The zero-order chi connectivity index (χ0) is 24.6. The van der Waals surface area contributed by atoms with Crippen molar-refractivity contribution in [2.75, 3.05) is 17.2 Å². The van der Waals surface area contributed by atoms with E-state index in [9.17, 15) is 18.0 Å². The third-order valence-electron chi connectivity index (χ3n) is 5.66. The largest absolute Gasteiger partial charge is 0.385 e. The molecule has 35 heavy (non-hydrogen) atoms. The standard InChI is InChI=1S/C24H23N5O4S2/c1-15-2-11-22(34-15)35(32,33)28-24(31)27-17-5-8-19(9-6-17)29-14-26-21-12-18(25-13-16-3-4-16)7-10-20(21)23(29)30/h2,5-12,14,16,25H,3-4,13H2,1H3,(H2,27,28,31). The zero-order valence-corrected chi connectivity index (χ0v) is 20.4. The summed E-state index contributed by atoms with van der Waals surface area (Å²) < 4.78 is 28.1. The summed E-state index contributed by atoms with van der Waals surface area (Å²) in [6, 6.07) is 14.2. The number of hydrogen-bond acceptors (Lipinski definition) is 7. The molecule has 2 aromatic heterocycles. The quantitative estimate of drug-likeness (QED) is 0.345. The molecule has 1 aliphatic carbocycles. The highest BCUT2D eigenvalue weighted by Crippen LogP contribution is 2.29. The van der Waals surface area contributed by atoms with E-state index >= 15 is 0 Å². The first-order valence-corrected chi connectivity index (χ1v) is 13.3. The molecule has 11 heteroatoms. The third kappa shape index (κ3) is 5.20.